The molecule has 1 saturated carbocycles. The van der Waals surface area contributed by atoms with Gasteiger partial charge in [0.1, 0.15) is 11.6 Å². The highest BCUT2D eigenvalue weighted by molar-refractivity contribution is 6.01. The van der Waals surface area contributed by atoms with Crippen LogP contribution in [0.15, 0.2) is 17.1 Å². The number of rotatable bonds is 2. The molecule has 2 heterocycles. The molecular formula is C21H27N3O2. The molecule has 26 heavy (non-hydrogen) atoms. The molecule has 1 aromatic carbocycles. The first-order chi connectivity index (χ1) is 12.7. The summed E-state index contributed by atoms with van der Waals surface area (Å²) in [6.07, 6.45) is 5.08. The van der Waals surface area contributed by atoms with Crippen LogP contribution in [0.4, 0.5) is 5.69 Å². The zero-order chi connectivity index (χ0) is 18.1. The molecule has 1 aromatic rings. The molecule has 0 atom stereocenters. The Labute approximate surface area is 155 Å². The molecule has 1 saturated heterocycles. The van der Waals surface area contributed by atoms with Crippen LogP contribution in [0.25, 0.3) is 0 Å². The zero-order valence-electron chi connectivity index (χ0n) is 15.6. The normalized spacial score (nSPS) is 21.4. The number of methoxy groups -OCH3 is 1. The largest absolute Gasteiger partial charge is 0.495 e. The monoisotopic (exact) mass is 353 g/mol. The van der Waals surface area contributed by atoms with Crippen LogP contribution in [-0.2, 0) is 5.41 Å². The van der Waals surface area contributed by atoms with Crippen LogP contribution in [-0.4, -0.2) is 55.7 Å². The van der Waals surface area contributed by atoms with Crippen LogP contribution < -0.4 is 10.1 Å². The maximum atomic E-state index is 9.60. The van der Waals surface area contributed by atoms with Crippen molar-refractivity contribution in [3.8, 4) is 17.6 Å². The molecule has 2 fully saturated rings. The lowest BCUT2D eigenvalue weighted by molar-refractivity contribution is 0.0889. The summed E-state index contributed by atoms with van der Waals surface area (Å²) in [5.41, 5.74) is 3.28. The number of amidine groups is 1. The summed E-state index contributed by atoms with van der Waals surface area (Å²) in [6, 6.07) is 4.22. The fourth-order valence-electron chi connectivity index (χ4n) is 4.32. The van der Waals surface area contributed by atoms with E-state index in [2.05, 4.69) is 34.2 Å². The van der Waals surface area contributed by atoms with E-state index in [1.165, 1.54) is 12.0 Å². The van der Waals surface area contributed by atoms with Gasteiger partial charge in [-0.1, -0.05) is 18.3 Å². The minimum absolute atomic E-state index is 0.0674. The summed E-state index contributed by atoms with van der Waals surface area (Å²) in [4.78, 5) is 7.12. The van der Waals surface area contributed by atoms with Gasteiger partial charge in [-0.3, -0.25) is 4.90 Å². The fourth-order valence-corrected chi connectivity index (χ4v) is 4.32. The van der Waals surface area contributed by atoms with Crippen molar-refractivity contribution in [1.29, 1.82) is 0 Å². The maximum absolute atomic E-state index is 9.60. The van der Waals surface area contributed by atoms with E-state index in [4.69, 9.17) is 9.73 Å². The van der Waals surface area contributed by atoms with Crippen molar-refractivity contribution in [1.82, 2.24) is 10.2 Å². The third-order valence-electron chi connectivity index (χ3n) is 6.05. The van der Waals surface area contributed by atoms with E-state index in [0.29, 0.717) is 0 Å². The summed E-state index contributed by atoms with van der Waals surface area (Å²) < 4.78 is 5.64. The van der Waals surface area contributed by atoms with Crippen LogP contribution in [0.3, 0.4) is 0 Å². The predicted octanol–water partition coefficient (Wildman–Crippen LogP) is 2.19. The average Bonchev–Trinajstić information content (AvgIpc) is 2.96. The number of aliphatic hydroxyl groups excluding tert-OH is 1. The molecule has 3 aliphatic rings. The molecule has 138 valence electrons. The van der Waals surface area contributed by atoms with Crippen molar-refractivity contribution < 1.29 is 9.84 Å². The molecule has 1 aliphatic carbocycles. The summed E-state index contributed by atoms with van der Waals surface area (Å²) in [7, 11) is 3.67. The van der Waals surface area contributed by atoms with Gasteiger partial charge >= 0.3 is 0 Å². The Morgan fingerprint density at radius 1 is 1.35 bits per heavy atom. The van der Waals surface area contributed by atoms with E-state index >= 15 is 0 Å². The highest BCUT2D eigenvalue weighted by Crippen LogP contribution is 2.53. The third-order valence-corrected chi connectivity index (χ3v) is 6.05. The second kappa shape index (κ2) is 6.94. The van der Waals surface area contributed by atoms with Crippen molar-refractivity contribution in [2.75, 3.05) is 33.8 Å². The Balaban J connectivity index is 1.57. The number of nitrogens with one attached hydrogen (secondary N) is 1. The first-order valence-corrected chi connectivity index (χ1v) is 9.55. The Hall–Kier alpha value is -2.03. The van der Waals surface area contributed by atoms with Gasteiger partial charge in [-0.2, -0.15) is 0 Å². The molecule has 0 bridgehead atoms. The van der Waals surface area contributed by atoms with Crippen molar-refractivity contribution >= 4 is 11.5 Å². The molecular weight excluding hydrogens is 326 g/mol. The lowest BCUT2D eigenvalue weighted by Crippen LogP contribution is -2.45. The molecule has 5 heteroatoms. The molecule has 2 aliphatic heterocycles. The lowest BCUT2D eigenvalue weighted by Gasteiger charge is -2.40. The van der Waals surface area contributed by atoms with E-state index in [1.54, 1.807) is 7.11 Å². The van der Waals surface area contributed by atoms with E-state index in [9.17, 15) is 5.11 Å². The Bertz CT molecular complexity index is 778. The number of piperidine rings is 1. The zero-order valence-corrected chi connectivity index (χ0v) is 15.6. The molecule has 0 aromatic heterocycles. The van der Waals surface area contributed by atoms with Gasteiger partial charge in [0.15, 0.2) is 0 Å². The average molecular weight is 353 g/mol. The summed E-state index contributed by atoms with van der Waals surface area (Å²) in [5.74, 6) is 8.47. The van der Waals surface area contributed by atoms with Gasteiger partial charge in [0, 0.05) is 20.1 Å². The number of benzene rings is 1. The van der Waals surface area contributed by atoms with Crippen molar-refractivity contribution in [3.63, 3.8) is 0 Å². The van der Waals surface area contributed by atoms with Gasteiger partial charge < -0.3 is 15.2 Å². The van der Waals surface area contributed by atoms with E-state index < -0.39 is 0 Å². The predicted molar refractivity (Wildman–Crippen MR) is 103 cm³/mol. The quantitative estimate of drug-likeness (QED) is 0.801. The topological polar surface area (TPSA) is 57.1 Å². The molecule has 5 nitrogen and oxygen atoms in total. The number of hydrogen-bond donors (Lipinski definition) is 2. The highest BCUT2D eigenvalue weighted by atomic mass is 16.5. The van der Waals surface area contributed by atoms with E-state index in [-0.39, 0.29) is 11.5 Å². The van der Waals surface area contributed by atoms with Crippen LogP contribution in [0, 0.1) is 11.8 Å². The van der Waals surface area contributed by atoms with Crippen LogP contribution in [0.5, 0.6) is 5.75 Å². The van der Waals surface area contributed by atoms with Crippen LogP contribution >= 0.6 is 0 Å². The molecule has 4 rings (SSSR count). The van der Waals surface area contributed by atoms with E-state index in [0.717, 1.165) is 68.2 Å². The Morgan fingerprint density at radius 2 is 2.12 bits per heavy atom. The summed E-state index contributed by atoms with van der Waals surface area (Å²) in [5, 5.41) is 12.9. The first-order valence-electron chi connectivity index (χ1n) is 9.55. The van der Waals surface area contributed by atoms with Crippen LogP contribution in [0.1, 0.15) is 43.2 Å². The number of ether oxygens (including phenoxy) is 1. The molecule has 0 radical (unpaired) electrons. The number of aliphatic imine (C=N–C) groups is 1. The van der Waals surface area contributed by atoms with Gasteiger partial charge in [-0.25, -0.2) is 4.99 Å². The van der Waals surface area contributed by atoms with Gasteiger partial charge in [0.2, 0.25) is 0 Å². The number of fused-ring (bicyclic) bond motifs is 2. The van der Waals surface area contributed by atoms with Crippen molar-refractivity contribution in [2.24, 2.45) is 4.99 Å². The number of nitrogens with zero attached hydrogens (tertiary/aromatic N) is 2. The molecule has 0 unspecified atom stereocenters. The summed E-state index contributed by atoms with van der Waals surface area (Å²) in [6.45, 7) is 2.55. The number of likely N-dealkylation sites (N-methyl/N-ethyl adjacent to an activating group) is 1. The second-order valence-corrected chi connectivity index (χ2v) is 7.52. The Kier molecular flexibility index (Phi) is 4.64. The minimum atomic E-state index is -0.144. The number of aliphatic hydroxyl groups is 1. The third kappa shape index (κ3) is 2.87. The lowest BCUT2D eigenvalue weighted by atomic mass is 9.64. The van der Waals surface area contributed by atoms with Crippen LogP contribution in [0.2, 0.25) is 0 Å². The van der Waals surface area contributed by atoms with E-state index in [1.807, 2.05) is 7.05 Å². The number of hydrogen-bond acceptors (Lipinski definition) is 5. The standard InChI is InChI=1S/C21H27N3O2/c1-22-20-21(8-4-9-21)17-14-19(26-2)15(13-18(17)23-20)5-3-10-24-11-6-16(25)7-12-24/h13-14,16,25H,4,6-12H2,1-2H3,(H,22,23). The molecule has 1 spiro atoms. The SMILES string of the molecule is CNC1=Nc2cc(C#CCN3CCC(O)CC3)c(OC)cc2C12CCC2. The Morgan fingerprint density at radius 3 is 2.73 bits per heavy atom. The first kappa shape index (κ1) is 17.4. The smallest absolute Gasteiger partial charge is 0.134 e. The van der Waals surface area contributed by atoms with Gasteiger partial charge in [-0.15, -0.1) is 0 Å². The van der Waals surface area contributed by atoms with Gasteiger partial charge in [0.25, 0.3) is 0 Å². The molecule has 2 N–H and O–H groups in total. The van der Waals surface area contributed by atoms with Crippen molar-refractivity contribution in [3.05, 3.63) is 23.3 Å². The fraction of sp³-hybridized carbons (Fsp3) is 0.571. The second-order valence-electron chi connectivity index (χ2n) is 7.52. The van der Waals surface area contributed by atoms with Crippen molar-refractivity contribution in [2.45, 2.75) is 43.6 Å². The molecule has 0 amide bonds. The maximum Gasteiger partial charge on any atom is 0.134 e. The summed E-state index contributed by atoms with van der Waals surface area (Å²) >= 11 is 0. The van der Waals surface area contributed by atoms with Gasteiger partial charge in [-0.05, 0) is 43.4 Å². The highest BCUT2D eigenvalue weighted by Gasteiger charge is 2.48. The number of likely N-dealkylation sites (tertiary alicyclic amines) is 1. The minimum Gasteiger partial charge on any atom is -0.495 e. The van der Waals surface area contributed by atoms with Gasteiger partial charge in [0.05, 0.1) is 36.4 Å².